The van der Waals surface area contributed by atoms with Crippen LogP contribution in [-0.2, 0) is 9.59 Å². The summed E-state index contributed by atoms with van der Waals surface area (Å²) < 4.78 is 0. The smallest absolute Gasteiger partial charge is 0.273 e. The number of fused-ring (bicyclic) bond motifs is 1. The average Bonchev–Trinajstić information content (AvgIpc) is 3.12. The predicted octanol–water partition coefficient (Wildman–Crippen LogP) is 2.94. The maximum absolute atomic E-state index is 13.5. The number of nitro benzene ring substituents is 2. The minimum atomic E-state index is -0.949. The van der Waals surface area contributed by atoms with Crippen molar-refractivity contribution in [2.24, 2.45) is 17.8 Å². The highest BCUT2D eigenvalue weighted by Crippen LogP contribution is 2.39. The number of hydrogen-bond donors (Lipinski definition) is 0. The Morgan fingerprint density at radius 1 is 0.972 bits per heavy atom. The van der Waals surface area contributed by atoms with E-state index in [0.717, 1.165) is 18.2 Å². The van der Waals surface area contributed by atoms with E-state index in [-0.39, 0.29) is 28.4 Å². The van der Waals surface area contributed by atoms with Gasteiger partial charge >= 0.3 is 0 Å². The molecule has 2 aliphatic rings. The molecule has 36 heavy (non-hydrogen) atoms. The van der Waals surface area contributed by atoms with Crippen molar-refractivity contribution < 1.29 is 29.0 Å². The van der Waals surface area contributed by atoms with E-state index < -0.39 is 51.7 Å². The number of rotatable bonds is 7. The molecule has 12 nitrogen and oxygen atoms in total. The van der Waals surface area contributed by atoms with Crippen molar-refractivity contribution in [3.05, 3.63) is 92.0 Å². The first kappa shape index (κ1) is 24.4. The molecule has 12 heteroatoms. The molecule has 0 unspecified atom stereocenters. The van der Waals surface area contributed by atoms with Crippen LogP contribution in [0, 0.1) is 38.0 Å². The lowest BCUT2D eigenvalue weighted by Crippen LogP contribution is -2.52. The third-order valence-corrected chi connectivity index (χ3v) is 6.32. The molecule has 1 fully saturated rings. The zero-order chi connectivity index (χ0) is 26.1. The Labute approximate surface area is 204 Å². The van der Waals surface area contributed by atoms with E-state index in [1.54, 1.807) is 13.0 Å². The van der Waals surface area contributed by atoms with Crippen LogP contribution in [-0.4, -0.2) is 49.9 Å². The molecule has 1 heterocycles. The summed E-state index contributed by atoms with van der Waals surface area (Å²) in [7, 11) is 0. The van der Waals surface area contributed by atoms with Gasteiger partial charge in [-0.3, -0.25) is 39.4 Å². The van der Waals surface area contributed by atoms with Gasteiger partial charge in [0.15, 0.2) is 5.78 Å². The maximum Gasteiger partial charge on any atom is 0.273 e. The van der Waals surface area contributed by atoms with Crippen LogP contribution in [0.2, 0.25) is 0 Å². The van der Waals surface area contributed by atoms with Gasteiger partial charge in [-0.05, 0) is 30.5 Å². The molecule has 1 aliphatic heterocycles. The lowest BCUT2D eigenvalue weighted by Gasteiger charge is -2.30. The van der Waals surface area contributed by atoms with Crippen LogP contribution >= 0.6 is 0 Å². The first-order valence-corrected chi connectivity index (χ1v) is 11.0. The number of benzene rings is 2. The topological polar surface area (TPSA) is 161 Å². The van der Waals surface area contributed by atoms with Gasteiger partial charge in [-0.25, -0.2) is 5.01 Å². The number of nitro groups is 2. The monoisotopic (exact) mass is 492 g/mol. The lowest BCUT2D eigenvalue weighted by atomic mass is 9.78. The Kier molecular flexibility index (Phi) is 6.43. The number of amides is 3. The largest absolute Gasteiger partial charge is 0.292 e. The Bertz CT molecular complexity index is 1320. The van der Waals surface area contributed by atoms with Gasteiger partial charge in [0.2, 0.25) is 0 Å². The molecule has 3 amide bonds. The molecule has 1 saturated heterocycles. The molecule has 2 aromatic carbocycles. The maximum atomic E-state index is 13.5. The van der Waals surface area contributed by atoms with Crippen molar-refractivity contribution >= 4 is 34.9 Å². The van der Waals surface area contributed by atoms with Gasteiger partial charge in [0.1, 0.15) is 6.54 Å². The zero-order valence-corrected chi connectivity index (χ0v) is 19.0. The molecule has 184 valence electrons. The first-order valence-electron chi connectivity index (χ1n) is 11.0. The highest BCUT2D eigenvalue weighted by Gasteiger charge is 2.53. The summed E-state index contributed by atoms with van der Waals surface area (Å²) >= 11 is 0. The van der Waals surface area contributed by atoms with Gasteiger partial charge in [0.05, 0.1) is 21.7 Å². The fourth-order valence-corrected chi connectivity index (χ4v) is 4.50. The number of imide groups is 1. The lowest BCUT2D eigenvalue weighted by molar-refractivity contribution is -0.385. The van der Waals surface area contributed by atoms with Crippen LogP contribution in [0.25, 0.3) is 0 Å². The van der Waals surface area contributed by atoms with Crippen LogP contribution in [0.1, 0.15) is 34.1 Å². The molecule has 2 aromatic rings. The highest BCUT2D eigenvalue weighted by atomic mass is 16.6. The van der Waals surface area contributed by atoms with Crippen molar-refractivity contribution in [2.75, 3.05) is 6.54 Å². The second kappa shape index (κ2) is 9.49. The second-order valence-corrected chi connectivity index (χ2v) is 8.54. The average molecular weight is 492 g/mol. The number of hydrogen-bond acceptors (Lipinski definition) is 8. The van der Waals surface area contributed by atoms with E-state index in [4.69, 9.17) is 0 Å². The van der Waals surface area contributed by atoms with E-state index >= 15 is 0 Å². The fraction of sp³-hybridized carbons (Fsp3) is 0.250. The number of ketones is 1. The standard InChI is InChI=1S/C24H20N4O8/c1-14-4-2-7-19-21(14)24(32)26(23(19)31)25(22(30)16-5-3-6-18(12-16)28(35)36)13-20(29)15-8-10-17(11-9-15)27(33)34/h2-6,8-12,14,19,21H,7,13H2,1H3/t14-,19-,21+/m1/s1. The van der Waals surface area contributed by atoms with Crippen LogP contribution in [0.4, 0.5) is 11.4 Å². The van der Waals surface area contributed by atoms with Gasteiger partial charge in [-0.1, -0.05) is 25.1 Å². The molecule has 0 spiro atoms. The van der Waals surface area contributed by atoms with E-state index in [0.29, 0.717) is 16.4 Å². The minimum Gasteiger partial charge on any atom is -0.292 e. The summed E-state index contributed by atoms with van der Waals surface area (Å²) in [6, 6.07) is 9.38. The molecule has 0 bridgehead atoms. The molecule has 0 N–H and O–H groups in total. The summed E-state index contributed by atoms with van der Waals surface area (Å²) in [5.41, 5.74) is -0.800. The SMILES string of the molecule is C[C@@H]1C=CC[C@H]2C(=O)N(N(CC(=O)c3ccc([N+](=O)[O-])cc3)C(=O)c3cccc([N+](=O)[O-])c3)C(=O)[C@@H]12. The molecule has 1 aliphatic carbocycles. The minimum absolute atomic E-state index is 0.0176. The summed E-state index contributed by atoms with van der Waals surface area (Å²) in [5.74, 6) is -4.61. The van der Waals surface area contributed by atoms with E-state index in [1.807, 2.05) is 6.08 Å². The van der Waals surface area contributed by atoms with Gasteiger partial charge in [-0.2, -0.15) is 5.01 Å². The Hall–Kier alpha value is -4.74. The number of carbonyl (C=O) groups is 4. The first-order chi connectivity index (χ1) is 17.1. The number of allylic oxidation sites excluding steroid dienone is 2. The molecular formula is C24H20N4O8. The normalized spacial score (nSPS) is 20.7. The van der Waals surface area contributed by atoms with Crippen LogP contribution < -0.4 is 0 Å². The van der Waals surface area contributed by atoms with Gasteiger partial charge in [-0.15, -0.1) is 0 Å². The Balaban J connectivity index is 1.71. The Morgan fingerprint density at radius 3 is 2.25 bits per heavy atom. The molecular weight excluding hydrogens is 472 g/mol. The molecule has 0 aromatic heterocycles. The molecule has 0 saturated carbocycles. The summed E-state index contributed by atoms with van der Waals surface area (Å²) in [6.07, 6.45) is 3.89. The van der Waals surface area contributed by atoms with Crippen molar-refractivity contribution in [3.8, 4) is 0 Å². The number of non-ortho nitro benzene ring substituents is 2. The van der Waals surface area contributed by atoms with Gasteiger partial charge < -0.3 is 0 Å². The van der Waals surface area contributed by atoms with E-state index in [2.05, 4.69) is 0 Å². The van der Waals surface area contributed by atoms with Crippen molar-refractivity contribution in [3.63, 3.8) is 0 Å². The van der Waals surface area contributed by atoms with Crippen molar-refractivity contribution in [1.82, 2.24) is 10.0 Å². The molecule has 0 radical (unpaired) electrons. The predicted molar refractivity (Wildman–Crippen MR) is 123 cm³/mol. The quantitative estimate of drug-likeness (QED) is 0.187. The number of carbonyl (C=O) groups excluding carboxylic acids is 4. The number of nitrogens with zero attached hydrogens (tertiary/aromatic N) is 4. The van der Waals surface area contributed by atoms with E-state index in [9.17, 15) is 39.4 Å². The van der Waals surface area contributed by atoms with Crippen molar-refractivity contribution in [1.29, 1.82) is 0 Å². The molecule has 4 rings (SSSR count). The third kappa shape index (κ3) is 4.35. The number of hydrazine groups is 1. The van der Waals surface area contributed by atoms with Gasteiger partial charge in [0, 0.05) is 35.4 Å². The Morgan fingerprint density at radius 2 is 1.64 bits per heavy atom. The summed E-state index contributed by atoms with van der Waals surface area (Å²) in [4.78, 5) is 73.9. The highest BCUT2D eigenvalue weighted by molar-refractivity contribution is 6.10. The van der Waals surface area contributed by atoms with Crippen LogP contribution in [0.15, 0.2) is 60.7 Å². The van der Waals surface area contributed by atoms with Crippen molar-refractivity contribution in [2.45, 2.75) is 13.3 Å². The zero-order valence-electron chi connectivity index (χ0n) is 19.0. The second-order valence-electron chi connectivity index (χ2n) is 8.54. The third-order valence-electron chi connectivity index (χ3n) is 6.32. The number of Topliss-reactive ketones (excluding diaryl/α,β-unsaturated/α-hetero) is 1. The van der Waals surface area contributed by atoms with Crippen LogP contribution in [0.5, 0.6) is 0 Å². The molecule has 3 atom stereocenters. The fourth-order valence-electron chi connectivity index (χ4n) is 4.50. The van der Waals surface area contributed by atoms with Gasteiger partial charge in [0.25, 0.3) is 29.1 Å². The van der Waals surface area contributed by atoms with E-state index in [1.165, 1.54) is 30.3 Å². The summed E-state index contributed by atoms with van der Waals surface area (Å²) in [6.45, 7) is 1.04. The van der Waals surface area contributed by atoms with Crippen LogP contribution in [0.3, 0.4) is 0 Å². The summed E-state index contributed by atoms with van der Waals surface area (Å²) in [5, 5.41) is 23.5.